The smallest absolute Gasteiger partial charge is 0.0243 e. The van der Waals surface area contributed by atoms with E-state index < -0.39 is 0 Å². The average Bonchev–Trinajstić information content (AvgIpc) is 2.12. The number of rotatable bonds is 5. The maximum atomic E-state index is 3.65. The van der Waals surface area contributed by atoms with E-state index in [2.05, 4.69) is 79.6 Å². The third-order valence-corrected chi connectivity index (χ3v) is 4.00. The van der Waals surface area contributed by atoms with Crippen LogP contribution in [0.5, 0.6) is 0 Å². The molecule has 0 spiro atoms. The van der Waals surface area contributed by atoms with Gasteiger partial charge in [-0.3, -0.25) is 4.90 Å². The molecule has 0 rings (SSSR count). The largest absolute Gasteiger partial charge is 0.311 e. The number of nitrogens with one attached hydrogen (secondary N) is 1. The molecule has 0 aliphatic heterocycles. The molecule has 1 N–H and O–H groups in total. The van der Waals surface area contributed by atoms with Crippen molar-refractivity contribution in [1.29, 1.82) is 0 Å². The Morgan fingerprint density at radius 3 is 1.67 bits per heavy atom. The van der Waals surface area contributed by atoms with Crippen LogP contribution in [0.2, 0.25) is 0 Å². The van der Waals surface area contributed by atoms with Crippen molar-refractivity contribution < 1.29 is 0 Å². The van der Waals surface area contributed by atoms with Gasteiger partial charge in [-0.25, -0.2) is 0 Å². The van der Waals surface area contributed by atoms with Gasteiger partial charge in [0.1, 0.15) is 0 Å². The molecule has 0 aliphatic rings. The van der Waals surface area contributed by atoms with E-state index in [1.54, 1.807) is 0 Å². The predicted molar refractivity (Wildman–Crippen MR) is 83.1 cm³/mol. The van der Waals surface area contributed by atoms with Gasteiger partial charge in [0.15, 0.2) is 0 Å². The van der Waals surface area contributed by atoms with E-state index in [0.717, 1.165) is 6.54 Å². The number of nitrogens with zero attached hydrogens (tertiary/aromatic N) is 1. The minimum absolute atomic E-state index is 0.193. The summed E-state index contributed by atoms with van der Waals surface area (Å²) in [5.74, 6) is 0.662. The topological polar surface area (TPSA) is 15.3 Å². The molecule has 0 amide bonds. The van der Waals surface area contributed by atoms with Gasteiger partial charge in [-0.05, 0) is 46.1 Å². The van der Waals surface area contributed by atoms with E-state index in [1.165, 1.54) is 0 Å². The second-order valence-corrected chi connectivity index (χ2v) is 8.15. The first kappa shape index (κ1) is 17.9. The molecule has 0 radical (unpaired) electrons. The van der Waals surface area contributed by atoms with E-state index in [9.17, 15) is 0 Å². The lowest BCUT2D eigenvalue weighted by Gasteiger charge is -2.42. The lowest BCUT2D eigenvalue weighted by Crippen LogP contribution is -2.53. The second kappa shape index (κ2) is 6.38. The third-order valence-electron chi connectivity index (χ3n) is 4.00. The van der Waals surface area contributed by atoms with Crippen molar-refractivity contribution >= 4 is 0 Å². The lowest BCUT2D eigenvalue weighted by molar-refractivity contribution is 0.0711. The summed E-state index contributed by atoms with van der Waals surface area (Å²) in [4.78, 5) is 2.55. The zero-order valence-corrected chi connectivity index (χ0v) is 14.4. The second-order valence-electron chi connectivity index (χ2n) is 8.15. The van der Waals surface area contributed by atoms with Crippen LogP contribution in [-0.2, 0) is 0 Å². The SMILES string of the molecule is CC(C)C(CNC(C)(C)C)N(C)C(C)C(C)(C)C. The maximum absolute atomic E-state index is 3.65. The quantitative estimate of drug-likeness (QED) is 0.805. The molecule has 0 aromatic heterocycles. The van der Waals surface area contributed by atoms with Crippen molar-refractivity contribution in [1.82, 2.24) is 10.2 Å². The highest BCUT2D eigenvalue weighted by Gasteiger charge is 2.30. The van der Waals surface area contributed by atoms with E-state index >= 15 is 0 Å². The van der Waals surface area contributed by atoms with Crippen molar-refractivity contribution in [2.75, 3.05) is 13.6 Å². The van der Waals surface area contributed by atoms with E-state index in [-0.39, 0.29) is 5.54 Å². The fourth-order valence-corrected chi connectivity index (χ4v) is 2.16. The monoisotopic (exact) mass is 256 g/mol. The first-order valence-corrected chi connectivity index (χ1v) is 7.33. The molecule has 0 heterocycles. The number of hydrogen-bond acceptors (Lipinski definition) is 2. The Morgan fingerprint density at radius 2 is 1.39 bits per heavy atom. The first-order chi connectivity index (χ1) is 7.86. The van der Waals surface area contributed by atoms with Crippen LogP contribution in [0.4, 0.5) is 0 Å². The van der Waals surface area contributed by atoms with Crippen molar-refractivity contribution in [3.05, 3.63) is 0 Å². The zero-order chi connectivity index (χ0) is 14.7. The van der Waals surface area contributed by atoms with Gasteiger partial charge < -0.3 is 5.32 Å². The molecular formula is C16H36N2. The fourth-order valence-electron chi connectivity index (χ4n) is 2.16. The zero-order valence-electron chi connectivity index (χ0n) is 14.4. The van der Waals surface area contributed by atoms with E-state index in [1.807, 2.05) is 0 Å². The summed E-state index contributed by atoms with van der Waals surface area (Å²) in [5.41, 5.74) is 0.516. The molecule has 0 saturated heterocycles. The molecule has 2 nitrogen and oxygen atoms in total. The summed E-state index contributed by atoms with van der Waals surface area (Å²) in [5, 5.41) is 3.65. The van der Waals surface area contributed by atoms with Crippen LogP contribution in [0.3, 0.4) is 0 Å². The molecule has 0 aromatic carbocycles. The Labute approximate surface area is 116 Å². The third kappa shape index (κ3) is 6.19. The maximum Gasteiger partial charge on any atom is 0.0243 e. The van der Waals surface area contributed by atoms with Crippen molar-refractivity contribution in [2.45, 2.75) is 79.9 Å². The fraction of sp³-hybridized carbons (Fsp3) is 1.00. The summed E-state index contributed by atoms with van der Waals surface area (Å²) in [6, 6.07) is 1.16. The summed E-state index contributed by atoms with van der Waals surface area (Å²) in [7, 11) is 2.27. The van der Waals surface area contributed by atoms with Crippen LogP contribution in [-0.4, -0.2) is 36.1 Å². The van der Waals surface area contributed by atoms with Crippen LogP contribution < -0.4 is 5.32 Å². The van der Waals surface area contributed by atoms with Gasteiger partial charge in [-0.15, -0.1) is 0 Å². The molecular weight excluding hydrogens is 220 g/mol. The predicted octanol–water partition coefficient (Wildman–Crippen LogP) is 3.77. The van der Waals surface area contributed by atoms with Gasteiger partial charge >= 0.3 is 0 Å². The first-order valence-electron chi connectivity index (χ1n) is 7.33. The number of hydrogen-bond donors (Lipinski definition) is 1. The summed E-state index contributed by atoms with van der Waals surface area (Å²) >= 11 is 0. The van der Waals surface area contributed by atoms with Crippen molar-refractivity contribution in [3.63, 3.8) is 0 Å². The highest BCUT2D eigenvalue weighted by Crippen LogP contribution is 2.26. The summed E-state index contributed by atoms with van der Waals surface area (Å²) < 4.78 is 0. The molecule has 110 valence electrons. The van der Waals surface area contributed by atoms with E-state index in [0.29, 0.717) is 23.4 Å². The van der Waals surface area contributed by atoms with Gasteiger partial charge in [0.2, 0.25) is 0 Å². The Morgan fingerprint density at radius 1 is 0.944 bits per heavy atom. The van der Waals surface area contributed by atoms with Gasteiger partial charge in [0, 0.05) is 24.2 Å². The molecule has 2 heteroatoms. The summed E-state index contributed by atoms with van der Waals surface area (Å²) in [6.45, 7) is 21.7. The normalized spacial score (nSPS) is 17.3. The Hall–Kier alpha value is -0.0800. The highest BCUT2D eigenvalue weighted by atomic mass is 15.2. The van der Waals surface area contributed by atoms with Gasteiger partial charge in [0.25, 0.3) is 0 Å². The molecule has 2 unspecified atom stereocenters. The molecule has 0 fully saturated rings. The van der Waals surface area contributed by atoms with E-state index in [4.69, 9.17) is 0 Å². The minimum atomic E-state index is 0.193. The Balaban J connectivity index is 4.70. The molecule has 18 heavy (non-hydrogen) atoms. The average molecular weight is 256 g/mol. The highest BCUT2D eigenvalue weighted by molar-refractivity contribution is 4.86. The molecule has 0 aliphatic carbocycles. The summed E-state index contributed by atoms with van der Waals surface area (Å²) in [6.07, 6.45) is 0. The molecule has 0 bridgehead atoms. The van der Waals surface area contributed by atoms with Gasteiger partial charge in [0.05, 0.1) is 0 Å². The number of likely N-dealkylation sites (N-methyl/N-ethyl adjacent to an activating group) is 1. The van der Waals surface area contributed by atoms with Crippen LogP contribution in [0.1, 0.15) is 62.3 Å². The van der Waals surface area contributed by atoms with Crippen LogP contribution >= 0.6 is 0 Å². The minimum Gasteiger partial charge on any atom is -0.311 e. The molecule has 0 aromatic rings. The lowest BCUT2D eigenvalue weighted by atomic mass is 9.85. The van der Waals surface area contributed by atoms with Crippen LogP contribution in [0.25, 0.3) is 0 Å². The standard InChI is InChI=1S/C16H36N2/c1-12(2)14(11-17-16(7,8)9)18(10)13(3)15(4,5)6/h12-14,17H,11H2,1-10H3. The molecule has 2 atom stereocenters. The van der Waals surface area contributed by atoms with Gasteiger partial charge in [-0.1, -0.05) is 34.6 Å². The van der Waals surface area contributed by atoms with Crippen LogP contribution in [0.15, 0.2) is 0 Å². The van der Waals surface area contributed by atoms with Gasteiger partial charge in [-0.2, -0.15) is 0 Å². The molecule has 0 saturated carbocycles. The Kier molecular flexibility index (Phi) is 6.35. The van der Waals surface area contributed by atoms with Crippen molar-refractivity contribution in [3.8, 4) is 0 Å². The van der Waals surface area contributed by atoms with Crippen LogP contribution in [0, 0.1) is 11.3 Å². The van der Waals surface area contributed by atoms with Crippen molar-refractivity contribution in [2.24, 2.45) is 11.3 Å². The Bertz CT molecular complexity index is 232.